The quantitative estimate of drug-likeness (QED) is 0.844. The van der Waals surface area contributed by atoms with Gasteiger partial charge in [0.05, 0.1) is 30.5 Å². The van der Waals surface area contributed by atoms with Crippen LogP contribution < -0.4 is 0 Å². The third kappa shape index (κ3) is 3.57. The predicted molar refractivity (Wildman–Crippen MR) is 97.5 cm³/mol. The molecule has 0 aliphatic carbocycles. The number of methoxy groups -OCH3 is 1. The average Bonchev–Trinajstić information content (AvgIpc) is 3.29. The second kappa shape index (κ2) is 7.48. The van der Waals surface area contributed by atoms with E-state index in [0.29, 0.717) is 39.2 Å². The molecule has 2 aliphatic rings. The third-order valence-corrected chi connectivity index (χ3v) is 5.21. The molecule has 8 heteroatoms. The summed E-state index contributed by atoms with van der Waals surface area (Å²) in [7, 11) is 1.61. The number of nitrogens with one attached hydrogen (secondary N) is 1. The van der Waals surface area contributed by atoms with E-state index in [-0.39, 0.29) is 24.2 Å². The molecular formula is C19H23N5O3. The number of carbonyl (C=O) groups is 2. The molecule has 1 N–H and O–H groups in total. The number of aromatic amines is 1. The van der Waals surface area contributed by atoms with Crippen molar-refractivity contribution in [3.05, 3.63) is 35.9 Å². The molecule has 8 nitrogen and oxygen atoms in total. The zero-order valence-corrected chi connectivity index (χ0v) is 15.4. The minimum atomic E-state index is -0.267. The Morgan fingerprint density at radius 1 is 1.44 bits per heavy atom. The van der Waals surface area contributed by atoms with Gasteiger partial charge in [0.2, 0.25) is 11.8 Å². The first-order chi connectivity index (χ1) is 13.2. The molecule has 0 unspecified atom stereocenters. The van der Waals surface area contributed by atoms with Crippen molar-refractivity contribution in [2.24, 2.45) is 5.92 Å². The summed E-state index contributed by atoms with van der Waals surface area (Å²) >= 11 is 0. The summed E-state index contributed by atoms with van der Waals surface area (Å²) in [5, 5.41) is 0. The Morgan fingerprint density at radius 3 is 3.11 bits per heavy atom. The van der Waals surface area contributed by atoms with Gasteiger partial charge in [-0.25, -0.2) is 4.98 Å². The molecule has 2 aromatic rings. The van der Waals surface area contributed by atoms with Gasteiger partial charge in [-0.15, -0.1) is 0 Å². The van der Waals surface area contributed by atoms with E-state index in [1.165, 1.54) is 0 Å². The van der Waals surface area contributed by atoms with Crippen LogP contribution in [0.15, 0.2) is 24.5 Å². The molecule has 2 amide bonds. The predicted octanol–water partition coefficient (Wildman–Crippen LogP) is 0.851. The number of rotatable bonds is 5. The molecular weight excluding hydrogens is 346 g/mol. The lowest BCUT2D eigenvalue weighted by Gasteiger charge is -2.28. The van der Waals surface area contributed by atoms with Crippen molar-refractivity contribution in [2.45, 2.75) is 19.4 Å². The first kappa shape index (κ1) is 17.7. The molecule has 1 atom stereocenters. The molecule has 142 valence electrons. The maximum atomic E-state index is 12.9. The van der Waals surface area contributed by atoms with E-state index < -0.39 is 0 Å². The van der Waals surface area contributed by atoms with Crippen LogP contribution in [-0.2, 0) is 27.3 Å². The van der Waals surface area contributed by atoms with E-state index >= 15 is 0 Å². The minimum Gasteiger partial charge on any atom is -0.383 e. The van der Waals surface area contributed by atoms with Crippen LogP contribution in [0.2, 0.25) is 0 Å². The van der Waals surface area contributed by atoms with Crippen molar-refractivity contribution in [2.75, 3.05) is 33.4 Å². The second-order valence-electron chi connectivity index (χ2n) is 7.00. The molecule has 4 rings (SSSR count). The van der Waals surface area contributed by atoms with Crippen molar-refractivity contribution in [1.82, 2.24) is 24.8 Å². The summed E-state index contributed by atoms with van der Waals surface area (Å²) in [6, 6.07) is 3.83. The van der Waals surface area contributed by atoms with E-state index in [1.807, 2.05) is 17.0 Å². The minimum absolute atomic E-state index is 0.0310. The topological polar surface area (TPSA) is 91.4 Å². The summed E-state index contributed by atoms with van der Waals surface area (Å²) in [4.78, 5) is 40.7. The van der Waals surface area contributed by atoms with Gasteiger partial charge in [0.1, 0.15) is 5.82 Å². The van der Waals surface area contributed by atoms with Gasteiger partial charge >= 0.3 is 0 Å². The lowest BCUT2D eigenvalue weighted by Crippen LogP contribution is -2.40. The number of imidazole rings is 1. The van der Waals surface area contributed by atoms with Crippen molar-refractivity contribution in [3.8, 4) is 11.4 Å². The van der Waals surface area contributed by atoms with Crippen LogP contribution in [0.3, 0.4) is 0 Å². The fourth-order valence-electron chi connectivity index (χ4n) is 3.73. The summed E-state index contributed by atoms with van der Waals surface area (Å²) in [6.07, 6.45) is 4.50. The molecule has 1 fully saturated rings. The van der Waals surface area contributed by atoms with Gasteiger partial charge in [-0.2, -0.15) is 0 Å². The molecule has 2 aromatic heterocycles. The maximum absolute atomic E-state index is 12.9. The molecule has 4 heterocycles. The van der Waals surface area contributed by atoms with Gasteiger partial charge in [0.25, 0.3) is 0 Å². The molecule has 27 heavy (non-hydrogen) atoms. The Morgan fingerprint density at radius 2 is 2.33 bits per heavy atom. The second-order valence-corrected chi connectivity index (χ2v) is 7.00. The first-order valence-corrected chi connectivity index (χ1v) is 9.19. The lowest BCUT2D eigenvalue weighted by atomic mass is 10.0. The number of likely N-dealkylation sites (tertiary alicyclic amines) is 1. The molecule has 0 bridgehead atoms. The van der Waals surface area contributed by atoms with Gasteiger partial charge in [-0.05, 0) is 12.1 Å². The van der Waals surface area contributed by atoms with Gasteiger partial charge < -0.3 is 19.5 Å². The highest BCUT2D eigenvalue weighted by molar-refractivity contribution is 5.89. The maximum Gasteiger partial charge on any atom is 0.228 e. The van der Waals surface area contributed by atoms with Gasteiger partial charge in [-0.3, -0.25) is 14.6 Å². The van der Waals surface area contributed by atoms with Crippen LogP contribution >= 0.6 is 0 Å². The Kier molecular flexibility index (Phi) is 4.89. The van der Waals surface area contributed by atoms with Crippen molar-refractivity contribution >= 4 is 11.8 Å². The molecule has 1 saturated heterocycles. The van der Waals surface area contributed by atoms with Crippen molar-refractivity contribution < 1.29 is 14.3 Å². The number of pyridine rings is 1. The number of aromatic nitrogens is 3. The highest BCUT2D eigenvalue weighted by atomic mass is 16.5. The van der Waals surface area contributed by atoms with Gasteiger partial charge in [-0.1, -0.05) is 0 Å². The van der Waals surface area contributed by atoms with Crippen LogP contribution in [0, 0.1) is 5.92 Å². The molecule has 0 spiro atoms. The Bertz CT molecular complexity index is 835. The summed E-state index contributed by atoms with van der Waals surface area (Å²) in [5.41, 5.74) is 2.90. The number of H-pyrrole nitrogens is 1. The van der Waals surface area contributed by atoms with E-state index in [0.717, 1.165) is 22.8 Å². The Hall–Kier alpha value is -2.74. The summed E-state index contributed by atoms with van der Waals surface area (Å²) in [5.74, 6) is 0.593. The number of hydrogen-bond donors (Lipinski definition) is 1. The number of ether oxygens (including phenoxy) is 1. The van der Waals surface area contributed by atoms with Crippen LogP contribution in [0.4, 0.5) is 0 Å². The van der Waals surface area contributed by atoms with E-state index in [9.17, 15) is 9.59 Å². The van der Waals surface area contributed by atoms with Crippen LogP contribution in [0.5, 0.6) is 0 Å². The fraction of sp³-hybridized carbons (Fsp3) is 0.474. The zero-order chi connectivity index (χ0) is 18.8. The zero-order valence-electron chi connectivity index (χ0n) is 15.4. The number of carbonyl (C=O) groups excluding carboxylic acids is 2. The first-order valence-electron chi connectivity index (χ1n) is 9.19. The largest absolute Gasteiger partial charge is 0.383 e. The Balaban J connectivity index is 1.43. The lowest BCUT2D eigenvalue weighted by molar-refractivity contribution is -0.136. The number of amides is 2. The summed E-state index contributed by atoms with van der Waals surface area (Å²) in [6.45, 7) is 2.65. The number of nitrogens with zero attached hydrogens (tertiary/aromatic N) is 4. The molecule has 2 aliphatic heterocycles. The molecule has 0 aromatic carbocycles. The smallest absolute Gasteiger partial charge is 0.228 e. The van der Waals surface area contributed by atoms with Gasteiger partial charge in [0.15, 0.2) is 0 Å². The van der Waals surface area contributed by atoms with E-state index in [4.69, 9.17) is 4.74 Å². The van der Waals surface area contributed by atoms with Crippen LogP contribution in [0.25, 0.3) is 11.4 Å². The normalized spacial score (nSPS) is 19.4. The molecule has 0 saturated carbocycles. The van der Waals surface area contributed by atoms with Crippen molar-refractivity contribution in [3.63, 3.8) is 0 Å². The highest BCUT2D eigenvalue weighted by Crippen LogP contribution is 2.26. The van der Waals surface area contributed by atoms with E-state index in [1.54, 1.807) is 24.4 Å². The highest BCUT2D eigenvalue weighted by Gasteiger charge is 2.37. The van der Waals surface area contributed by atoms with Crippen molar-refractivity contribution in [1.29, 1.82) is 0 Å². The number of fused-ring (bicyclic) bond motifs is 1. The monoisotopic (exact) mass is 369 g/mol. The third-order valence-electron chi connectivity index (χ3n) is 5.21. The van der Waals surface area contributed by atoms with E-state index in [2.05, 4.69) is 15.0 Å². The fourth-order valence-corrected chi connectivity index (χ4v) is 3.73. The SMILES string of the molecule is COCCN1C[C@@H](C(=O)N2CCc3nc(-c4cccnc4)[nH]c3C2)CC1=O. The van der Waals surface area contributed by atoms with Crippen LogP contribution in [-0.4, -0.2) is 69.9 Å². The molecule has 0 radical (unpaired) electrons. The average molecular weight is 369 g/mol. The number of hydrogen-bond acceptors (Lipinski definition) is 5. The van der Waals surface area contributed by atoms with Gasteiger partial charge in [0, 0.05) is 57.5 Å². The standard InChI is InChI=1S/C19H23N5O3/c1-27-8-7-23-11-14(9-17(23)25)19(26)24-6-4-15-16(12-24)22-18(21-15)13-3-2-5-20-10-13/h2-3,5,10,14H,4,6-9,11-12H2,1H3,(H,21,22)/t14-/m0/s1. The Labute approximate surface area is 157 Å². The van der Waals surface area contributed by atoms with Crippen LogP contribution in [0.1, 0.15) is 17.8 Å². The summed E-state index contributed by atoms with van der Waals surface area (Å²) < 4.78 is 5.04.